The molecule has 0 saturated heterocycles. The van der Waals surface area contributed by atoms with Crippen LogP contribution in [-0.4, -0.2) is 43.0 Å². The van der Waals surface area contributed by atoms with Crippen LogP contribution in [0, 0.1) is 5.82 Å². The lowest BCUT2D eigenvalue weighted by molar-refractivity contribution is 0.0951. The van der Waals surface area contributed by atoms with E-state index in [9.17, 15) is 9.18 Å². The number of carbonyl (C=O) groups excluding carboxylic acids is 1. The third-order valence-electron chi connectivity index (χ3n) is 5.68. The Kier molecular flexibility index (Phi) is 7.68. The maximum atomic E-state index is 14.0. The molecule has 4 aromatic rings. The highest BCUT2D eigenvalue weighted by molar-refractivity contribution is 6.36. The Morgan fingerprint density at radius 1 is 1.22 bits per heavy atom. The number of carbonyl (C=O) groups is 1. The van der Waals surface area contributed by atoms with Crippen LogP contribution in [-0.2, 0) is 0 Å². The lowest BCUT2D eigenvalue weighted by atomic mass is 10.0. The normalized spacial score (nSPS) is 12.2. The van der Waals surface area contributed by atoms with Crippen molar-refractivity contribution in [2.45, 2.75) is 13.0 Å². The number of likely N-dealkylation sites (N-methyl/N-ethyl adjacent to an activating group) is 1. The fourth-order valence-corrected chi connectivity index (χ4v) is 4.44. The molecule has 2 aromatic heterocycles. The van der Waals surface area contributed by atoms with E-state index in [2.05, 4.69) is 10.3 Å². The summed E-state index contributed by atoms with van der Waals surface area (Å²) in [6.45, 7) is 2.98. The van der Waals surface area contributed by atoms with E-state index in [1.165, 1.54) is 12.1 Å². The quantitative estimate of drug-likeness (QED) is 0.273. The average Bonchev–Trinajstić information content (AvgIpc) is 3.27. The van der Waals surface area contributed by atoms with Crippen molar-refractivity contribution in [3.8, 4) is 16.9 Å². The highest BCUT2D eigenvalue weighted by Crippen LogP contribution is 2.41. The number of nitrogens with two attached hydrogens (primary N) is 1. The predicted molar refractivity (Wildman–Crippen MR) is 140 cm³/mol. The molecular formula is C26H25Cl2FN4O3. The minimum atomic E-state index is -0.741. The summed E-state index contributed by atoms with van der Waals surface area (Å²) in [7, 11) is 3.89. The van der Waals surface area contributed by atoms with Crippen molar-refractivity contribution in [1.29, 1.82) is 0 Å². The number of aromatic nitrogens is 1. The van der Waals surface area contributed by atoms with Gasteiger partial charge in [-0.15, -0.1) is 0 Å². The fourth-order valence-electron chi connectivity index (χ4n) is 3.76. The van der Waals surface area contributed by atoms with Gasteiger partial charge in [0.1, 0.15) is 11.9 Å². The van der Waals surface area contributed by atoms with Crippen LogP contribution in [0.15, 0.2) is 53.3 Å². The topological polar surface area (TPSA) is 93.6 Å². The second-order valence-corrected chi connectivity index (χ2v) is 9.30. The molecule has 1 amide bonds. The van der Waals surface area contributed by atoms with Crippen molar-refractivity contribution in [3.63, 3.8) is 0 Å². The van der Waals surface area contributed by atoms with Crippen molar-refractivity contribution in [2.75, 3.05) is 32.9 Å². The number of anilines is 1. The molecule has 36 heavy (non-hydrogen) atoms. The molecule has 1 unspecified atom stereocenters. The summed E-state index contributed by atoms with van der Waals surface area (Å²) in [5.74, 6) is -0.455. The van der Waals surface area contributed by atoms with Gasteiger partial charge < -0.3 is 25.1 Å². The van der Waals surface area contributed by atoms with Gasteiger partial charge in [-0.25, -0.2) is 9.37 Å². The van der Waals surface area contributed by atoms with Gasteiger partial charge in [-0.3, -0.25) is 4.79 Å². The lowest BCUT2D eigenvalue weighted by Crippen LogP contribution is -2.31. The van der Waals surface area contributed by atoms with Crippen molar-refractivity contribution in [3.05, 3.63) is 75.8 Å². The molecule has 0 radical (unpaired) electrons. The zero-order valence-electron chi connectivity index (χ0n) is 19.9. The largest absolute Gasteiger partial charge is 0.478 e. The maximum Gasteiger partial charge on any atom is 0.251 e. The number of nitrogens with one attached hydrogen (secondary N) is 1. The van der Waals surface area contributed by atoms with E-state index in [1.54, 1.807) is 31.5 Å². The Labute approximate surface area is 217 Å². The van der Waals surface area contributed by atoms with Crippen molar-refractivity contribution < 1.29 is 18.3 Å². The van der Waals surface area contributed by atoms with Gasteiger partial charge in [0.25, 0.3) is 5.91 Å². The van der Waals surface area contributed by atoms with E-state index < -0.39 is 11.9 Å². The van der Waals surface area contributed by atoms with Gasteiger partial charge in [0.15, 0.2) is 11.4 Å². The van der Waals surface area contributed by atoms with Crippen LogP contribution in [0.25, 0.3) is 22.1 Å². The summed E-state index contributed by atoms with van der Waals surface area (Å²) in [4.78, 5) is 18.6. The minimum absolute atomic E-state index is 0.101. The highest BCUT2D eigenvalue weighted by atomic mass is 35.5. The number of ether oxygens (including phenoxy) is 1. The summed E-state index contributed by atoms with van der Waals surface area (Å²) in [6.07, 6.45) is 2.41. The first-order chi connectivity index (χ1) is 17.2. The van der Waals surface area contributed by atoms with E-state index in [-0.39, 0.29) is 27.5 Å². The summed E-state index contributed by atoms with van der Waals surface area (Å²) in [5, 5.41) is 3.68. The van der Waals surface area contributed by atoms with Crippen molar-refractivity contribution in [2.24, 2.45) is 0 Å². The smallest absolute Gasteiger partial charge is 0.251 e. The molecule has 0 fully saturated rings. The zero-order chi connectivity index (χ0) is 26.0. The number of benzene rings is 2. The molecule has 4 rings (SSSR count). The summed E-state index contributed by atoms with van der Waals surface area (Å²) in [6, 6.07) is 9.76. The van der Waals surface area contributed by atoms with E-state index >= 15 is 0 Å². The monoisotopic (exact) mass is 530 g/mol. The number of furan rings is 1. The van der Waals surface area contributed by atoms with Crippen molar-refractivity contribution in [1.82, 2.24) is 15.2 Å². The van der Waals surface area contributed by atoms with Crippen LogP contribution >= 0.6 is 23.2 Å². The van der Waals surface area contributed by atoms with Gasteiger partial charge in [-0.05, 0) is 50.8 Å². The first-order valence-electron chi connectivity index (χ1n) is 11.2. The molecular weight excluding hydrogens is 506 g/mol. The first kappa shape index (κ1) is 25.8. The SMILES string of the molecule is CC(Oc1c(N)ncc2c(-c3ccc(C(=O)NCCN(C)C)cc3)coc12)c1c(Cl)ccc(F)c1Cl. The molecule has 2 aromatic carbocycles. The molecule has 1 atom stereocenters. The molecule has 0 spiro atoms. The number of rotatable bonds is 8. The van der Waals surface area contributed by atoms with Crippen molar-refractivity contribution >= 4 is 45.9 Å². The standard InChI is InChI=1S/C26H25Cl2FN4O3/c1-14(21-19(27)8-9-20(29)22(21)28)36-24-23-17(12-32-25(24)30)18(13-35-23)15-4-6-16(7-5-15)26(34)31-10-11-33(2)3/h4-9,12-14H,10-11H2,1-3H3,(H2,30,32)(H,31,34). The zero-order valence-corrected chi connectivity index (χ0v) is 21.5. The van der Waals surface area contributed by atoms with Gasteiger partial charge in [-0.1, -0.05) is 35.3 Å². The molecule has 2 heterocycles. The Bertz CT molecular complexity index is 1410. The van der Waals surface area contributed by atoms with Gasteiger partial charge in [0.05, 0.1) is 16.7 Å². The third kappa shape index (κ3) is 5.26. The number of hydrogen-bond donors (Lipinski definition) is 2. The highest BCUT2D eigenvalue weighted by Gasteiger charge is 2.23. The van der Waals surface area contributed by atoms with E-state index in [4.69, 9.17) is 38.1 Å². The number of pyridine rings is 1. The van der Waals surface area contributed by atoms with Crippen LogP contribution in [0.1, 0.15) is 28.9 Å². The summed E-state index contributed by atoms with van der Waals surface area (Å²) in [5.41, 5.74) is 8.88. The number of amides is 1. The molecule has 10 heteroatoms. The van der Waals surface area contributed by atoms with E-state index in [0.717, 1.165) is 17.7 Å². The molecule has 3 N–H and O–H groups in total. The minimum Gasteiger partial charge on any atom is -0.478 e. The second kappa shape index (κ2) is 10.7. The summed E-state index contributed by atoms with van der Waals surface area (Å²) >= 11 is 12.4. The number of fused-ring (bicyclic) bond motifs is 1. The Morgan fingerprint density at radius 3 is 2.64 bits per heavy atom. The number of nitrogen functional groups attached to an aromatic ring is 1. The summed E-state index contributed by atoms with van der Waals surface area (Å²) < 4.78 is 25.9. The molecule has 0 aliphatic rings. The van der Waals surface area contributed by atoms with Crippen LogP contribution in [0.4, 0.5) is 10.2 Å². The van der Waals surface area contributed by atoms with Gasteiger partial charge in [0, 0.05) is 41.0 Å². The van der Waals surface area contributed by atoms with Crippen LogP contribution < -0.4 is 15.8 Å². The Hall–Kier alpha value is -3.33. The number of halogens is 3. The molecule has 7 nitrogen and oxygen atoms in total. The fraction of sp³-hybridized carbons (Fsp3) is 0.231. The molecule has 0 aliphatic carbocycles. The van der Waals surface area contributed by atoms with Crippen LogP contribution in [0.2, 0.25) is 10.0 Å². The average molecular weight is 531 g/mol. The van der Waals surface area contributed by atoms with Crippen LogP contribution in [0.5, 0.6) is 5.75 Å². The van der Waals surface area contributed by atoms with E-state index in [1.807, 2.05) is 31.1 Å². The lowest BCUT2D eigenvalue weighted by Gasteiger charge is -2.18. The molecule has 0 aliphatic heterocycles. The van der Waals surface area contributed by atoms with Gasteiger partial charge in [0.2, 0.25) is 5.75 Å². The molecule has 188 valence electrons. The third-order valence-corrected chi connectivity index (χ3v) is 6.40. The first-order valence-corrected chi connectivity index (χ1v) is 11.9. The molecule has 0 bridgehead atoms. The predicted octanol–water partition coefficient (Wildman–Crippen LogP) is 5.95. The number of nitrogens with zero attached hydrogens (tertiary/aromatic N) is 2. The second-order valence-electron chi connectivity index (χ2n) is 8.52. The maximum absolute atomic E-state index is 14.0. The van der Waals surface area contributed by atoms with Crippen LogP contribution in [0.3, 0.4) is 0 Å². The number of hydrogen-bond acceptors (Lipinski definition) is 6. The van der Waals surface area contributed by atoms with Gasteiger partial charge in [-0.2, -0.15) is 0 Å². The van der Waals surface area contributed by atoms with E-state index in [0.29, 0.717) is 28.6 Å². The van der Waals surface area contributed by atoms with Gasteiger partial charge >= 0.3 is 0 Å². The Morgan fingerprint density at radius 2 is 1.94 bits per heavy atom. The molecule has 0 saturated carbocycles. The Balaban J connectivity index is 1.61.